The smallest absolute Gasteiger partial charge is 0.127 e. The minimum Gasteiger partial charge on any atom is -0.375 e. The molecule has 1 aliphatic heterocycles. The van der Waals surface area contributed by atoms with Gasteiger partial charge in [-0.05, 0) is 38.8 Å². The number of nitrogens with zero attached hydrogens (tertiary/aromatic N) is 1. The first-order valence-corrected chi connectivity index (χ1v) is 8.07. The zero-order valence-corrected chi connectivity index (χ0v) is 12.7. The average Bonchev–Trinajstić information content (AvgIpc) is 2.98. The van der Waals surface area contributed by atoms with Crippen molar-refractivity contribution in [2.24, 2.45) is 0 Å². The minimum absolute atomic E-state index is 0.0777. The van der Waals surface area contributed by atoms with E-state index in [0.717, 1.165) is 31.7 Å². The zero-order valence-electron chi connectivity index (χ0n) is 12.7. The van der Waals surface area contributed by atoms with Gasteiger partial charge in [-0.2, -0.15) is 0 Å². The second-order valence-electron chi connectivity index (χ2n) is 6.09. The molecule has 1 saturated heterocycles. The Bertz CT molecular complexity index is 468. The molecule has 1 N–H and O–H groups in total. The molecule has 3 atom stereocenters. The highest BCUT2D eigenvalue weighted by atomic mass is 19.1. The Morgan fingerprint density at radius 3 is 3.05 bits per heavy atom. The fourth-order valence-electron chi connectivity index (χ4n) is 3.79. The number of nitrogens with one attached hydrogen (secondary N) is 1. The van der Waals surface area contributed by atoms with Crippen LogP contribution in [0.2, 0.25) is 0 Å². The van der Waals surface area contributed by atoms with Crippen LogP contribution in [-0.4, -0.2) is 43.8 Å². The van der Waals surface area contributed by atoms with Crippen molar-refractivity contribution >= 4 is 0 Å². The van der Waals surface area contributed by atoms with Crippen molar-refractivity contribution < 1.29 is 9.13 Å². The molecule has 1 aromatic rings. The lowest BCUT2D eigenvalue weighted by molar-refractivity contribution is -0.0564. The maximum atomic E-state index is 13.9. The Morgan fingerprint density at radius 2 is 2.24 bits per heavy atom. The summed E-state index contributed by atoms with van der Waals surface area (Å²) in [7, 11) is 1.91. The molecule has 3 rings (SSSR count). The van der Waals surface area contributed by atoms with Crippen molar-refractivity contribution in [3.63, 3.8) is 0 Å². The van der Waals surface area contributed by atoms with Gasteiger partial charge in [0.1, 0.15) is 5.82 Å². The van der Waals surface area contributed by atoms with Gasteiger partial charge in [0.2, 0.25) is 0 Å². The van der Waals surface area contributed by atoms with Gasteiger partial charge in [-0.25, -0.2) is 4.39 Å². The van der Waals surface area contributed by atoms with Crippen LogP contribution in [0.1, 0.15) is 37.3 Å². The quantitative estimate of drug-likeness (QED) is 0.903. The van der Waals surface area contributed by atoms with Crippen molar-refractivity contribution in [2.45, 2.75) is 43.9 Å². The first-order chi connectivity index (χ1) is 10.3. The summed E-state index contributed by atoms with van der Waals surface area (Å²) in [6.07, 6.45) is 5.08. The van der Waals surface area contributed by atoms with Crippen molar-refractivity contribution in [3.8, 4) is 0 Å². The van der Waals surface area contributed by atoms with Crippen LogP contribution in [0.5, 0.6) is 0 Å². The fraction of sp³-hybridized carbons (Fsp3) is 0.647. The Balaban J connectivity index is 1.61. The number of rotatable bonds is 5. The summed E-state index contributed by atoms with van der Waals surface area (Å²) in [5.41, 5.74) is 0.774. The third kappa shape index (κ3) is 3.28. The van der Waals surface area contributed by atoms with Gasteiger partial charge in [0.15, 0.2) is 0 Å². The van der Waals surface area contributed by atoms with Crippen LogP contribution in [0, 0.1) is 5.82 Å². The number of halogens is 1. The van der Waals surface area contributed by atoms with Crippen molar-refractivity contribution in [1.29, 1.82) is 0 Å². The molecule has 2 fully saturated rings. The molecule has 0 spiro atoms. The molecule has 3 nitrogen and oxygen atoms in total. The number of hydrogen-bond donors (Lipinski definition) is 1. The van der Waals surface area contributed by atoms with E-state index in [0.29, 0.717) is 12.1 Å². The molecule has 2 aliphatic rings. The Labute approximate surface area is 126 Å². The van der Waals surface area contributed by atoms with Crippen LogP contribution in [0.25, 0.3) is 0 Å². The van der Waals surface area contributed by atoms with E-state index in [1.807, 2.05) is 19.2 Å². The predicted octanol–water partition coefficient (Wildman–Crippen LogP) is 2.73. The lowest BCUT2D eigenvalue weighted by atomic mass is 10.0. The molecule has 1 aliphatic carbocycles. The average molecular weight is 292 g/mol. The third-order valence-corrected chi connectivity index (χ3v) is 4.93. The molecule has 116 valence electrons. The Hall–Kier alpha value is -0.970. The minimum atomic E-state index is -0.113. The van der Waals surface area contributed by atoms with Crippen molar-refractivity contribution in [1.82, 2.24) is 10.2 Å². The number of morpholine rings is 1. The summed E-state index contributed by atoms with van der Waals surface area (Å²) in [5, 5.41) is 3.26. The molecular formula is C17H25FN2O. The fourth-order valence-corrected chi connectivity index (χ4v) is 3.79. The zero-order chi connectivity index (χ0) is 14.7. The second kappa shape index (κ2) is 6.86. The van der Waals surface area contributed by atoms with E-state index in [-0.39, 0.29) is 11.9 Å². The Kier molecular flexibility index (Phi) is 4.88. The van der Waals surface area contributed by atoms with Gasteiger partial charge in [0.25, 0.3) is 0 Å². The molecule has 0 aromatic heterocycles. The van der Waals surface area contributed by atoms with Crippen LogP contribution in [0.15, 0.2) is 24.3 Å². The van der Waals surface area contributed by atoms with E-state index in [1.54, 1.807) is 12.1 Å². The van der Waals surface area contributed by atoms with Crippen LogP contribution in [0.4, 0.5) is 4.39 Å². The molecule has 1 aromatic carbocycles. The van der Waals surface area contributed by atoms with Gasteiger partial charge in [-0.15, -0.1) is 0 Å². The van der Waals surface area contributed by atoms with Gasteiger partial charge in [-0.1, -0.05) is 18.2 Å². The number of ether oxygens (including phenoxy) is 1. The normalized spacial score (nSPS) is 27.5. The number of hydrogen-bond acceptors (Lipinski definition) is 3. The van der Waals surface area contributed by atoms with E-state index >= 15 is 0 Å². The highest BCUT2D eigenvalue weighted by Crippen LogP contribution is 2.30. The summed E-state index contributed by atoms with van der Waals surface area (Å²) in [6, 6.07) is 7.74. The van der Waals surface area contributed by atoms with E-state index in [4.69, 9.17) is 4.74 Å². The lowest BCUT2D eigenvalue weighted by Gasteiger charge is -2.38. The van der Waals surface area contributed by atoms with Gasteiger partial charge >= 0.3 is 0 Å². The van der Waals surface area contributed by atoms with Gasteiger partial charge in [0.05, 0.1) is 12.7 Å². The van der Waals surface area contributed by atoms with Crippen LogP contribution >= 0.6 is 0 Å². The molecule has 0 radical (unpaired) electrons. The second-order valence-corrected chi connectivity index (χ2v) is 6.09. The Morgan fingerprint density at radius 1 is 1.38 bits per heavy atom. The molecule has 1 saturated carbocycles. The predicted molar refractivity (Wildman–Crippen MR) is 81.8 cm³/mol. The maximum Gasteiger partial charge on any atom is 0.127 e. The summed E-state index contributed by atoms with van der Waals surface area (Å²) in [4.78, 5) is 2.55. The van der Waals surface area contributed by atoms with Gasteiger partial charge < -0.3 is 10.1 Å². The van der Waals surface area contributed by atoms with Gasteiger partial charge in [0, 0.05) is 30.7 Å². The summed E-state index contributed by atoms with van der Waals surface area (Å²) < 4.78 is 19.8. The molecule has 0 amide bonds. The molecule has 4 heteroatoms. The summed E-state index contributed by atoms with van der Waals surface area (Å²) in [6.45, 7) is 2.85. The van der Waals surface area contributed by atoms with Crippen LogP contribution in [0.3, 0.4) is 0 Å². The van der Waals surface area contributed by atoms with Crippen LogP contribution < -0.4 is 5.32 Å². The van der Waals surface area contributed by atoms with Crippen molar-refractivity contribution in [2.75, 3.05) is 26.7 Å². The molecule has 3 unspecified atom stereocenters. The van der Waals surface area contributed by atoms with E-state index < -0.39 is 0 Å². The SMILES string of the molecule is CNC(CCN1CCOC2CCCC21)c1ccccc1F. The highest BCUT2D eigenvalue weighted by Gasteiger charge is 2.35. The monoisotopic (exact) mass is 292 g/mol. The molecule has 21 heavy (non-hydrogen) atoms. The molecular weight excluding hydrogens is 267 g/mol. The first kappa shape index (κ1) is 14.9. The van der Waals surface area contributed by atoms with Gasteiger partial charge in [-0.3, -0.25) is 4.90 Å². The maximum absolute atomic E-state index is 13.9. The third-order valence-electron chi connectivity index (χ3n) is 4.93. The van der Waals surface area contributed by atoms with E-state index in [2.05, 4.69) is 10.2 Å². The largest absolute Gasteiger partial charge is 0.375 e. The van der Waals surface area contributed by atoms with E-state index in [9.17, 15) is 4.39 Å². The van der Waals surface area contributed by atoms with Crippen molar-refractivity contribution in [3.05, 3.63) is 35.6 Å². The number of benzene rings is 1. The summed E-state index contributed by atoms with van der Waals surface area (Å²) >= 11 is 0. The topological polar surface area (TPSA) is 24.5 Å². The van der Waals surface area contributed by atoms with E-state index in [1.165, 1.54) is 19.3 Å². The summed E-state index contributed by atoms with van der Waals surface area (Å²) in [5.74, 6) is -0.113. The molecule has 1 heterocycles. The van der Waals surface area contributed by atoms with Crippen LogP contribution in [-0.2, 0) is 4.74 Å². The first-order valence-electron chi connectivity index (χ1n) is 8.07. The lowest BCUT2D eigenvalue weighted by Crippen LogP contribution is -2.49. The number of fused-ring (bicyclic) bond motifs is 1. The standard InChI is InChI=1S/C17H25FN2O/c1-19-15(13-5-2-3-6-14(13)18)9-10-20-11-12-21-17-8-4-7-16(17)20/h2-3,5-6,15-17,19H,4,7-12H2,1H3. The highest BCUT2D eigenvalue weighted by molar-refractivity contribution is 5.21. The molecule has 0 bridgehead atoms.